The van der Waals surface area contributed by atoms with Crippen LogP contribution in [0.25, 0.3) is 11.8 Å². The Balaban J connectivity index is 1.58. The Hall–Kier alpha value is -4.39. The van der Waals surface area contributed by atoms with Gasteiger partial charge in [0.25, 0.3) is 11.2 Å². The number of benzene rings is 2. The topological polar surface area (TPSA) is 110 Å². The number of aromatic nitrogens is 1. The third kappa shape index (κ3) is 5.56. The minimum absolute atomic E-state index is 0.0515. The Morgan fingerprint density at radius 2 is 1.88 bits per heavy atom. The number of nitro groups is 1. The molecule has 2 aromatic heterocycles. The summed E-state index contributed by atoms with van der Waals surface area (Å²) < 4.78 is 7.42. The molecule has 1 fully saturated rings. The standard InChI is InChI=1S/C31H29N5O5S2/c1-3-41-30(38)26-27(20-8-5-4-6-9-20)32-31-35(28(26)24-10-7-17-42-24)29(37)25(43-31)19-21-18-22(36(39)40)11-12-23(21)34-15-13-33(2)14-16-34/h4-12,17-19,28H,3,13-16H2,1-2H3/t28-/m0/s1. The maximum Gasteiger partial charge on any atom is 0.338 e. The second-order valence-electron chi connectivity index (χ2n) is 10.2. The van der Waals surface area contributed by atoms with Crippen LogP contribution in [0.2, 0.25) is 0 Å². The first-order valence-electron chi connectivity index (χ1n) is 13.9. The largest absolute Gasteiger partial charge is 0.463 e. The third-order valence-corrected chi connectivity index (χ3v) is 9.45. The summed E-state index contributed by atoms with van der Waals surface area (Å²) in [5, 5.41) is 13.6. The molecule has 0 aliphatic carbocycles. The number of hydrogen-bond acceptors (Lipinski definition) is 10. The Bertz CT molecular complexity index is 1890. The summed E-state index contributed by atoms with van der Waals surface area (Å²) in [6, 6.07) is 17.2. The third-order valence-electron chi connectivity index (χ3n) is 7.54. The lowest BCUT2D eigenvalue weighted by atomic mass is 9.97. The van der Waals surface area contributed by atoms with Crippen LogP contribution in [0.15, 0.2) is 81.4 Å². The Morgan fingerprint density at radius 3 is 2.56 bits per heavy atom. The van der Waals surface area contributed by atoms with Crippen LogP contribution in [0, 0.1) is 10.1 Å². The molecule has 0 amide bonds. The van der Waals surface area contributed by atoms with Crippen LogP contribution in [0.1, 0.15) is 29.0 Å². The highest BCUT2D eigenvalue weighted by Crippen LogP contribution is 2.37. The normalized spacial score (nSPS) is 17.5. The molecule has 4 heterocycles. The lowest BCUT2D eigenvalue weighted by Crippen LogP contribution is -2.44. The summed E-state index contributed by atoms with van der Waals surface area (Å²) in [5.41, 5.74) is 2.53. The highest BCUT2D eigenvalue weighted by molar-refractivity contribution is 7.10. The molecule has 2 aromatic carbocycles. The zero-order valence-electron chi connectivity index (χ0n) is 23.6. The van der Waals surface area contributed by atoms with Crippen LogP contribution in [0.4, 0.5) is 11.4 Å². The number of piperazine rings is 1. The molecule has 1 atom stereocenters. The number of non-ortho nitro benzene ring substituents is 1. The summed E-state index contributed by atoms with van der Waals surface area (Å²) in [6.07, 6.45) is 1.71. The van der Waals surface area contributed by atoms with Crippen molar-refractivity contribution in [2.24, 2.45) is 4.99 Å². The fourth-order valence-electron chi connectivity index (χ4n) is 5.40. The van der Waals surface area contributed by atoms with Crippen LogP contribution in [-0.2, 0) is 9.53 Å². The molecule has 6 rings (SSSR count). The molecule has 1 saturated heterocycles. The maximum absolute atomic E-state index is 14.2. The van der Waals surface area contributed by atoms with Gasteiger partial charge in [0.1, 0.15) is 6.04 Å². The van der Waals surface area contributed by atoms with Gasteiger partial charge < -0.3 is 14.5 Å². The lowest BCUT2D eigenvalue weighted by molar-refractivity contribution is -0.384. The number of anilines is 1. The number of likely N-dealkylation sites (N-methyl/N-ethyl adjacent to an activating group) is 1. The quantitative estimate of drug-likeness (QED) is 0.177. The van der Waals surface area contributed by atoms with Gasteiger partial charge in [0.05, 0.1) is 27.3 Å². The Kier molecular flexibility index (Phi) is 8.06. The maximum atomic E-state index is 14.2. The van der Waals surface area contributed by atoms with Crippen LogP contribution in [0.3, 0.4) is 0 Å². The molecule has 2 aliphatic heterocycles. The van der Waals surface area contributed by atoms with E-state index in [1.807, 2.05) is 47.8 Å². The first kappa shape index (κ1) is 28.7. The van der Waals surface area contributed by atoms with Crippen molar-refractivity contribution in [2.45, 2.75) is 13.0 Å². The SMILES string of the molecule is CCOC(=O)C1=C(c2ccccc2)N=c2sc(=Cc3cc([N+](=O)[O-])ccc3N3CCN(C)CC3)c(=O)n2[C@H]1c1cccs1. The van der Waals surface area contributed by atoms with Gasteiger partial charge >= 0.3 is 5.97 Å². The molecule has 0 bridgehead atoms. The van der Waals surface area contributed by atoms with Gasteiger partial charge in [-0.25, -0.2) is 9.79 Å². The second-order valence-corrected chi connectivity index (χ2v) is 12.2. The molecule has 0 saturated carbocycles. The number of ether oxygens (including phenoxy) is 1. The van der Waals surface area contributed by atoms with Crippen LogP contribution in [0.5, 0.6) is 0 Å². The molecular formula is C31H29N5O5S2. The number of esters is 1. The summed E-state index contributed by atoms with van der Waals surface area (Å²) in [5.74, 6) is -0.534. The van der Waals surface area contributed by atoms with E-state index in [0.29, 0.717) is 26.2 Å². The molecule has 10 nitrogen and oxygen atoms in total. The predicted octanol–water partition coefficient (Wildman–Crippen LogP) is 3.66. The van der Waals surface area contributed by atoms with Crippen molar-refractivity contribution in [2.75, 3.05) is 44.7 Å². The van der Waals surface area contributed by atoms with Crippen LogP contribution < -0.4 is 19.8 Å². The Morgan fingerprint density at radius 1 is 1.12 bits per heavy atom. The second kappa shape index (κ2) is 12.1. The lowest BCUT2D eigenvalue weighted by Gasteiger charge is -2.34. The highest BCUT2D eigenvalue weighted by atomic mass is 32.1. The van der Waals surface area contributed by atoms with Gasteiger partial charge in [-0.3, -0.25) is 19.5 Å². The molecule has 0 N–H and O–H groups in total. The minimum atomic E-state index is -0.741. The van der Waals surface area contributed by atoms with Gasteiger partial charge in [-0.2, -0.15) is 0 Å². The molecular weight excluding hydrogens is 587 g/mol. The van der Waals surface area contributed by atoms with Gasteiger partial charge in [0, 0.05) is 60.0 Å². The van der Waals surface area contributed by atoms with Gasteiger partial charge in [-0.15, -0.1) is 11.3 Å². The van der Waals surface area contributed by atoms with Gasteiger partial charge in [-0.1, -0.05) is 47.7 Å². The molecule has 0 unspecified atom stereocenters. The van der Waals surface area contributed by atoms with Crippen molar-refractivity contribution < 1.29 is 14.5 Å². The van der Waals surface area contributed by atoms with Crippen molar-refractivity contribution in [3.8, 4) is 0 Å². The molecule has 0 radical (unpaired) electrons. The number of nitrogens with zero attached hydrogens (tertiary/aromatic N) is 5. The Labute approximate surface area is 255 Å². The van der Waals surface area contributed by atoms with Gasteiger partial charge in [0.15, 0.2) is 4.80 Å². The number of thiazole rings is 1. The van der Waals surface area contributed by atoms with Crippen molar-refractivity contribution in [3.63, 3.8) is 0 Å². The molecule has 220 valence electrons. The van der Waals surface area contributed by atoms with E-state index in [-0.39, 0.29) is 17.9 Å². The monoisotopic (exact) mass is 615 g/mol. The molecule has 43 heavy (non-hydrogen) atoms. The summed E-state index contributed by atoms with van der Waals surface area (Å²) in [6.45, 7) is 5.16. The van der Waals surface area contributed by atoms with Gasteiger partial charge in [0.2, 0.25) is 0 Å². The number of thiophene rings is 1. The van der Waals surface area contributed by atoms with E-state index < -0.39 is 16.9 Å². The summed E-state index contributed by atoms with van der Waals surface area (Å²) >= 11 is 2.65. The fraction of sp³-hybridized carbons (Fsp3) is 0.258. The van der Waals surface area contributed by atoms with Crippen molar-refractivity contribution in [1.82, 2.24) is 9.47 Å². The van der Waals surface area contributed by atoms with E-state index in [4.69, 9.17) is 9.73 Å². The minimum Gasteiger partial charge on any atom is -0.463 e. The summed E-state index contributed by atoms with van der Waals surface area (Å²) in [4.78, 5) is 49.5. The number of rotatable bonds is 7. The van der Waals surface area contributed by atoms with E-state index in [1.54, 1.807) is 23.6 Å². The summed E-state index contributed by atoms with van der Waals surface area (Å²) in [7, 11) is 2.06. The van der Waals surface area contributed by atoms with Crippen LogP contribution >= 0.6 is 22.7 Å². The van der Waals surface area contributed by atoms with Crippen molar-refractivity contribution in [1.29, 1.82) is 0 Å². The number of hydrogen-bond donors (Lipinski definition) is 0. The fourth-order valence-corrected chi connectivity index (χ4v) is 7.22. The molecule has 12 heteroatoms. The first-order chi connectivity index (χ1) is 20.9. The highest BCUT2D eigenvalue weighted by Gasteiger charge is 2.35. The molecule has 0 spiro atoms. The van der Waals surface area contributed by atoms with Crippen molar-refractivity contribution in [3.05, 3.63) is 117 Å². The zero-order chi connectivity index (χ0) is 30.1. The number of fused-ring (bicyclic) bond motifs is 1. The molecule has 2 aliphatic rings. The van der Waals surface area contributed by atoms with E-state index >= 15 is 0 Å². The average molecular weight is 616 g/mol. The van der Waals surface area contributed by atoms with E-state index in [9.17, 15) is 19.7 Å². The number of carbonyl (C=O) groups excluding carboxylic acids is 1. The number of nitro benzene ring substituents is 1. The zero-order valence-corrected chi connectivity index (χ0v) is 25.3. The first-order valence-corrected chi connectivity index (χ1v) is 15.6. The number of carbonyl (C=O) groups is 1. The average Bonchev–Trinajstić information content (AvgIpc) is 3.66. The molecule has 4 aromatic rings. The van der Waals surface area contributed by atoms with E-state index in [0.717, 1.165) is 42.3 Å². The smallest absolute Gasteiger partial charge is 0.338 e. The van der Waals surface area contributed by atoms with Crippen LogP contribution in [-0.4, -0.2) is 60.2 Å². The van der Waals surface area contributed by atoms with Gasteiger partial charge in [-0.05, 0) is 37.6 Å². The van der Waals surface area contributed by atoms with Crippen molar-refractivity contribution >= 4 is 51.8 Å². The van der Waals surface area contributed by atoms with E-state index in [2.05, 4.69) is 16.8 Å². The van der Waals surface area contributed by atoms with E-state index in [1.165, 1.54) is 34.8 Å². The predicted molar refractivity (Wildman–Crippen MR) is 168 cm³/mol.